The molecule has 0 aromatic heterocycles. The Bertz CT molecular complexity index is 554. The van der Waals surface area contributed by atoms with Crippen molar-refractivity contribution in [2.24, 2.45) is 0 Å². The molecule has 0 saturated carbocycles. The Hall–Kier alpha value is -1.16. The number of nitrogens with one attached hydrogen (secondary N) is 1. The van der Waals surface area contributed by atoms with Gasteiger partial charge in [-0.05, 0) is 49.8 Å². The number of hydrogen-bond donors (Lipinski definition) is 2. The molecule has 0 atom stereocenters. The minimum absolute atomic E-state index is 0.0812. The van der Waals surface area contributed by atoms with E-state index in [-0.39, 0.29) is 16.9 Å². The molecule has 0 spiro atoms. The Balaban J connectivity index is 2.59. The second-order valence-corrected chi connectivity index (χ2v) is 9.26. The molecule has 1 aromatic carbocycles. The molecule has 23 heavy (non-hydrogen) atoms. The number of amides is 1. The molecule has 0 aliphatic carbocycles. The van der Waals surface area contributed by atoms with Crippen LogP contribution in [0.3, 0.4) is 0 Å². The van der Waals surface area contributed by atoms with E-state index >= 15 is 0 Å². The number of aromatic hydroxyl groups is 1. The normalized spacial score (nSPS) is 12.3. The Morgan fingerprint density at radius 2 is 1.78 bits per heavy atom. The van der Waals surface area contributed by atoms with Crippen molar-refractivity contribution < 1.29 is 9.90 Å². The van der Waals surface area contributed by atoms with Crippen molar-refractivity contribution in [3.8, 4) is 5.75 Å². The molecule has 0 bridgehead atoms. The van der Waals surface area contributed by atoms with Crippen LogP contribution in [-0.2, 0) is 16.0 Å². The molecule has 3 nitrogen and oxygen atoms in total. The highest BCUT2D eigenvalue weighted by Crippen LogP contribution is 2.34. The number of carbonyl (C=O) groups is 1. The van der Waals surface area contributed by atoms with Crippen molar-refractivity contribution in [1.29, 1.82) is 0 Å². The van der Waals surface area contributed by atoms with Crippen LogP contribution in [-0.4, -0.2) is 22.3 Å². The highest BCUT2D eigenvalue weighted by Gasteiger charge is 2.20. The predicted octanol–water partition coefficient (Wildman–Crippen LogP) is 4.54. The fraction of sp³-hybridized carbons (Fsp3) is 0.632. The first-order valence-electron chi connectivity index (χ1n) is 8.12. The molecule has 1 aromatic rings. The van der Waals surface area contributed by atoms with E-state index in [0.29, 0.717) is 12.2 Å². The molecule has 0 aliphatic heterocycles. The molecule has 0 saturated heterocycles. The number of thioether (sulfide) groups is 1. The van der Waals surface area contributed by atoms with Crippen LogP contribution in [0.15, 0.2) is 12.1 Å². The van der Waals surface area contributed by atoms with Crippen LogP contribution in [0, 0.1) is 6.92 Å². The van der Waals surface area contributed by atoms with Gasteiger partial charge >= 0.3 is 0 Å². The van der Waals surface area contributed by atoms with E-state index in [9.17, 15) is 9.90 Å². The summed E-state index contributed by atoms with van der Waals surface area (Å²) in [4.78, 5) is 11.8. The number of carbonyl (C=O) groups excluding carboxylic acids is 1. The van der Waals surface area contributed by atoms with E-state index in [1.54, 1.807) is 11.8 Å². The third-order valence-electron chi connectivity index (χ3n) is 3.42. The number of phenolic OH excluding ortho intramolecular Hbond substituents is 1. The Morgan fingerprint density at radius 1 is 1.17 bits per heavy atom. The largest absolute Gasteiger partial charge is 0.507 e. The fourth-order valence-electron chi connectivity index (χ4n) is 2.34. The van der Waals surface area contributed by atoms with Gasteiger partial charge in [0.05, 0.1) is 0 Å². The molecule has 1 amide bonds. The summed E-state index contributed by atoms with van der Waals surface area (Å²) < 4.78 is 0. The highest BCUT2D eigenvalue weighted by atomic mass is 32.2. The zero-order chi connectivity index (χ0) is 17.8. The third kappa shape index (κ3) is 6.86. The number of aryl methyl sites for hydroxylation is 1. The van der Waals surface area contributed by atoms with Gasteiger partial charge in [0.15, 0.2) is 0 Å². The predicted molar refractivity (Wildman–Crippen MR) is 100 cm³/mol. The van der Waals surface area contributed by atoms with E-state index < -0.39 is 0 Å². The zero-order valence-electron chi connectivity index (χ0n) is 15.5. The molecule has 0 aliphatic rings. The topological polar surface area (TPSA) is 49.3 Å². The Morgan fingerprint density at radius 3 is 2.30 bits per heavy atom. The summed E-state index contributed by atoms with van der Waals surface area (Å²) in [5.74, 6) is 2.15. The van der Waals surface area contributed by atoms with Gasteiger partial charge in [-0.3, -0.25) is 4.79 Å². The molecular formula is C19H31NO2S. The van der Waals surface area contributed by atoms with Crippen LogP contribution in [0.1, 0.15) is 64.7 Å². The number of hydrogen-bond acceptors (Lipinski definition) is 3. The second kappa shape index (κ2) is 7.61. The lowest BCUT2D eigenvalue weighted by molar-refractivity contribution is -0.122. The van der Waals surface area contributed by atoms with E-state index in [4.69, 9.17) is 0 Å². The summed E-state index contributed by atoms with van der Waals surface area (Å²) >= 11 is 1.75. The summed E-state index contributed by atoms with van der Waals surface area (Å²) in [6.07, 6.45) is 0.533. The lowest BCUT2D eigenvalue weighted by atomic mass is 9.84. The lowest BCUT2D eigenvalue weighted by Crippen LogP contribution is -2.40. The van der Waals surface area contributed by atoms with E-state index in [1.807, 2.05) is 33.8 Å². The SMILES string of the molecule is Cc1cc(CSCCC(=O)NC(C)(C)C)cc(C(C)(C)C)c1O. The number of benzene rings is 1. The molecule has 2 N–H and O–H groups in total. The van der Waals surface area contributed by atoms with E-state index in [0.717, 1.165) is 22.6 Å². The van der Waals surface area contributed by atoms with Gasteiger partial charge in [-0.1, -0.05) is 32.9 Å². The van der Waals surface area contributed by atoms with Crippen LogP contribution < -0.4 is 5.32 Å². The van der Waals surface area contributed by atoms with Crippen molar-refractivity contribution in [3.05, 3.63) is 28.8 Å². The van der Waals surface area contributed by atoms with Crippen LogP contribution >= 0.6 is 11.8 Å². The van der Waals surface area contributed by atoms with Gasteiger partial charge in [0.25, 0.3) is 0 Å². The van der Waals surface area contributed by atoms with Gasteiger partial charge in [-0.25, -0.2) is 0 Å². The summed E-state index contributed by atoms with van der Waals surface area (Å²) in [7, 11) is 0. The third-order valence-corrected chi connectivity index (χ3v) is 4.46. The van der Waals surface area contributed by atoms with Crippen LogP contribution in [0.25, 0.3) is 0 Å². The molecule has 0 heterocycles. The maximum absolute atomic E-state index is 11.8. The van der Waals surface area contributed by atoms with Crippen LogP contribution in [0.5, 0.6) is 5.75 Å². The van der Waals surface area contributed by atoms with E-state index in [2.05, 4.69) is 32.2 Å². The molecule has 130 valence electrons. The number of rotatable bonds is 5. The first-order chi connectivity index (χ1) is 10.4. The Kier molecular flexibility index (Phi) is 6.58. The average Bonchev–Trinajstić information content (AvgIpc) is 2.35. The average molecular weight is 338 g/mol. The number of phenols is 1. The summed E-state index contributed by atoms with van der Waals surface area (Å²) in [5, 5.41) is 13.2. The lowest BCUT2D eigenvalue weighted by Gasteiger charge is -2.22. The highest BCUT2D eigenvalue weighted by molar-refractivity contribution is 7.98. The molecule has 0 fully saturated rings. The molecule has 0 radical (unpaired) electrons. The minimum atomic E-state index is -0.169. The van der Waals surface area contributed by atoms with Gasteiger partial charge < -0.3 is 10.4 Å². The molecule has 4 heteroatoms. The standard InChI is InChI=1S/C19H31NO2S/c1-13-10-14(11-15(17(13)22)18(2,3)4)12-23-9-8-16(21)20-19(5,6)7/h10-11,22H,8-9,12H2,1-7H3,(H,20,21). The van der Waals surface area contributed by atoms with Crippen LogP contribution in [0.2, 0.25) is 0 Å². The maximum atomic E-state index is 11.8. The summed E-state index contributed by atoms with van der Waals surface area (Å²) in [6, 6.07) is 4.12. The monoisotopic (exact) mass is 337 g/mol. The first kappa shape index (κ1) is 19.9. The molecule has 0 unspecified atom stereocenters. The summed E-state index contributed by atoms with van der Waals surface area (Å²) in [5.41, 5.74) is 2.85. The summed E-state index contributed by atoms with van der Waals surface area (Å²) in [6.45, 7) is 14.2. The van der Waals surface area contributed by atoms with Gasteiger partial charge in [0.1, 0.15) is 5.75 Å². The molecular weight excluding hydrogens is 306 g/mol. The fourth-order valence-corrected chi connectivity index (χ4v) is 3.22. The smallest absolute Gasteiger partial charge is 0.221 e. The van der Waals surface area contributed by atoms with Crippen LogP contribution in [0.4, 0.5) is 0 Å². The van der Waals surface area contributed by atoms with Crippen molar-refractivity contribution in [3.63, 3.8) is 0 Å². The van der Waals surface area contributed by atoms with Crippen molar-refractivity contribution in [2.45, 2.75) is 71.6 Å². The van der Waals surface area contributed by atoms with Gasteiger partial charge in [0.2, 0.25) is 5.91 Å². The maximum Gasteiger partial charge on any atom is 0.221 e. The zero-order valence-corrected chi connectivity index (χ0v) is 16.4. The van der Waals surface area contributed by atoms with Crippen molar-refractivity contribution >= 4 is 17.7 Å². The van der Waals surface area contributed by atoms with Gasteiger partial charge in [-0.15, -0.1) is 0 Å². The van der Waals surface area contributed by atoms with Crippen molar-refractivity contribution in [1.82, 2.24) is 5.32 Å². The molecule has 1 rings (SSSR count). The Labute approximate surface area is 145 Å². The van der Waals surface area contributed by atoms with Crippen molar-refractivity contribution in [2.75, 3.05) is 5.75 Å². The minimum Gasteiger partial charge on any atom is -0.507 e. The second-order valence-electron chi connectivity index (χ2n) is 8.16. The van der Waals surface area contributed by atoms with Gasteiger partial charge in [0, 0.05) is 23.5 Å². The van der Waals surface area contributed by atoms with Gasteiger partial charge in [-0.2, -0.15) is 11.8 Å². The first-order valence-corrected chi connectivity index (χ1v) is 9.27. The van der Waals surface area contributed by atoms with E-state index in [1.165, 1.54) is 5.56 Å². The quantitative estimate of drug-likeness (QED) is 0.776.